The Morgan fingerprint density at radius 2 is 1.83 bits per heavy atom. The van der Waals surface area contributed by atoms with E-state index in [4.69, 9.17) is 4.74 Å². The number of nitrogens with one attached hydrogen (secondary N) is 1. The minimum atomic E-state index is -0.742. The highest BCUT2D eigenvalue weighted by atomic mass is 32.1. The van der Waals surface area contributed by atoms with Gasteiger partial charge in [0, 0.05) is 38.8 Å². The summed E-state index contributed by atoms with van der Waals surface area (Å²) in [4.78, 5) is 21.3. The van der Waals surface area contributed by atoms with Crippen LogP contribution in [0.2, 0.25) is 0 Å². The van der Waals surface area contributed by atoms with Crippen molar-refractivity contribution in [1.29, 1.82) is 0 Å². The third-order valence-electron chi connectivity index (χ3n) is 6.21. The summed E-state index contributed by atoms with van der Waals surface area (Å²) in [6, 6.07) is 14.8. The fourth-order valence-corrected chi connectivity index (χ4v) is 5.11. The number of piperazine rings is 1. The molecule has 3 atom stereocenters. The molecule has 0 spiro atoms. The van der Waals surface area contributed by atoms with Gasteiger partial charge in [0.1, 0.15) is 18.5 Å². The molecule has 2 aromatic carbocycles. The summed E-state index contributed by atoms with van der Waals surface area (Å²) in [5, 5.41) is 24.8. The lowest BCUT2D eigenvalue weighted by Crippen LogP contribution is -2.52. The van der Waals surface area contributed by atoms with Crippen LogP contribution in [0, 0.1) is 6.92 Å². The van der Waals surface area contributed by atoms with E-state index < -0.39 is 12.2 Å². The van der Waals surface area contributed by atoms with Crippen molar-refractivity contribution in [1.82, 2.24) is 20.1 Å². The molecule has 1 aliphatic rings. The Morgan fingerprint density at radius 3 is 2.57 bits per heavy atom. The van der Waals surface area contributed by atoms with Gasteiger partial charge in [0.25, 0.3) is 0 Å². The smallest absolute Gasteiger partial charge is 0.234 e. The van der Waals surface area contributed by atoms with Gasteiger partial charge in [0.05, 0.1) is 33.9 Å². The van der Waals surface area contributed by atoms with Crippen LogP contribution in [0.25, 0.3) is 10.2 Å². The van der Waals surface area contributed by atoms with Crippen molar-refractivity contribution in [2.45, 2.75) is 32.1 Å². The molecule has 0 saturated carbocycles. The number of nitrogens with zero attached hydrogens (tertiary/aromatic N) is 3. The minimum absolute atomic E-state index is 0.0957. The average molecular weight is 499 g/mol. The zero-order valence-electron chi connectivity index (χ0n) is 20.3. The molecule has 3 N–H and O–H groups in total. The summed E-state index contributed by atoms with van der Waals surface area (Å²) in [6.45, 7) is 7.88. The fourth-order valence-electron chi connectivity index (χ4n) is 4.31. The summed E-state index contributed by atoms with van der Waals surface area (Å²) in [7, 11) is 0. The Bertz CT molecular complexity index is 1100. The van der Waals surface area contributed by atoms with Gasteiger partial charge in [-0.1, -0.05) is 30.3 Å². The van der Waals surface area contributed by atoms with Gasteiger partial charge in [-0.2, -0.15) is 0 Å². The van der Waals surface area contributed by atoms with Gasteiger partial charge in [-0.15, -0.1) is 11.3 Å². The highest BCUT2D eigenvalue weighted by Crippen LogP contribution is 2.25. The van der Waals surface area contributed by atoms with E-state index in [-0.39, 0.29) is 18.6 Å². The number of β-amino-alcohol motifs (C(OH)–C–C–N with tert-alkyl or cyclic N) is 1. The summed E-state index contributed by atoms with van der Waals surface area (Å²) < 4.78 is 6.92. The maximum absolute atomic E-state index is 12.5. The zero-order chi connectivity index (χ0) is 24.8. The minimum Gasteiger partial charge on any atom is -0.491 e. The number of amides is 1. The van der Waals surface area contributed by atoms with Gasteiger partial charge in [-0.25, -0.2) is 4.98 Å². The Kier molecular flexibility index (Phi) is 8.69. The molecular weight excluding hydrogens is 464 g/mol. The number of carbonyl (C=O) groups excluding carboxylic acids is 1. The van der Waals surface area contributed by atoms with Crippen molar-refractivity contribution in [3.05, 3.63) is 59.1 Å². The molecule has 1 aromatic heterocycles. The first kappa shape index (κ1) is 25.5. The van der Waals surface area contributed by atoms with Crippen LogP contribution in [-0.4, -0.2) is 88.9 Å². The lowest BCUT2D eigenvalue weighted by atomic mass is 10.0. The first-order valence-electron chi connectivity index (χ1n) is 12.0. The van der Waals surface area contributed by atoms with Gasteiger partial charge in [0.15, 0.2) is 0 Å². The lowest BCUT2D eigenvalue weighted by molar-refractivity contribution is -0.124. The van der Waals surface area contributed by atoms with Crippen molar-refractivity contribution < 1.29 is 19.7 Å². The molecule has 1 amide bonds. The van der Waals surface area contributed by atoms with Gasteiger partial charge in [-0.05, 0) is 31.5 Å². The van der Waals surface area contributed by atoms with Gasteiger partial charge in [0.2, 0.25) is 5.91 Å². The molecule has 4 rings (SSSR count). The van der Waals surface area contributed by atoms with Crippen LogP contribution in [-0.2, 0) is 4.79 Å². The standard InChI is InChI=1S/C26H34N4O4S/c1-18(26(33)20-6-4-3-5-7-20)27-25(32)16-30-12-10-29(11-13-30)15-21(31)17-34-22-8-9-24-23(14-22)28-19(2)35-24/h3-9,14,18,21,26,31,33H,10-13,15-17H2,1-2H3,(H,27,32)/t18-,21+,26+/m0/s1. The highest BCUT2D eigenvalue weighted by Gasteiger charge is 2.23. The lowest BCUT2D eigenvalue weighted by Gasteiger charge is -2.35. The molecule has 1 aliphatic heterocycles. The number of carbonyl (C=O) groups is 1. The van der Waals surface area contributed by atoms with E-state index in [9.17, 15) is 15.0 Å². The number of thiazole rings is 1. The second-order valence-electron chi connectivity index (χ2n) is 9.12. The molecule has 35 heavy (non-hydrogen) atoms. The van der Waals surface area contributed by atoms with Crippen LogP contribution in [0.15, 0.2) is 48.5 Å². The maximum atomic E-state index is 12.5. The molecule has 9 heteroatoms. The topological polar surface area (TPSA) is 98.2 Å². The molecule has 3 aromatic rings. The van der Waals surface area contributed by atoms with Crippen molar-refractivity contribution >= 4 is 27.5 Å². The van der Waals surface area contributed by atoms with Crippen molar-refractivity contribution in [2.75, 3.05) is 45.9 Å². The Balaban J connectivity index is 1.14. The quantitative estimate of drug-likeness (QED) is 0.394. The van der Waals surface area contributed by atoms with E-state index in [1.807, 2.05) is 62.4 Å². The number of ether oxygens (including phenoxy) is 1. The molecule has 1 saturated heterocycles. The third-order valence-corrected chi connectivity index (χ3v) is 7.16. The highest BCUT2D eigenvalue weighted by molar-refractivity contribution is 7.18. The molecule has 188 valence electrons. The number of aliphatic hydroxyl groups excluding tert-OH is 2. The predicted octanol–water partition coefficient (Wildman–Crippen LogP) is 2.20. The number of aromatic nitrogens is 1. The Hall–Kier alpha value is -2.56. The first-order chi connectivity index (χ1) is 16.9. The van der Waals surface area contributed by atoms with E-state index >= 15 is 0 Å². The number of hydrogen-bond acceptors (Lipinski definition) is 8. The summed E-state index contributed by atoms with van der Waals surface area (Å²) >= 11 is 1.65. The average Bonchev–Trinajstić information content (AvgIpc) is 3.23. The summed E-state index contributed by atoms with van der Waals surface area (Å²) in [5.41, 5.74) is 1.71. The number of fused-ring (bicyclic) bond motifs is 1. The van der Waals surface area contributed by atoms with E-state index in [1.165, 1.54) is 0 Å². The van der Waals surface area contributed by atoms with Crippen LogP contribution < -0.4 is 10.1 Å². The molecule has 0 unspecified atom stereocenters. The van der Waals surface area contributed by atoms with Gasteiger partial charge < -0.3 is 20.3 Å². The molecule has 0 radical (unpaired) electrons. The van der Waals surface area contributed by atoms with Gasteiger partial charge in [-0.3, -0.25) is 14.6 Å². The van der Waals surface area contributed by atoms with Crippen molar-refractivity contribution in [3.63, 3.8) is 0 Å². The third kappa shape index (κ3) is 7.22. The SMILES string of the molecule is Cc1nc2cc(OC[C@H](O)CN3CCN(CC(=O)N[C@@H](C)[C@@H](O)c4ccccc4)CC3)ccc2s1. The van der Waals surface area contributed by atoms with E-state index in [1.54, 1.807) is 11.3 Å². The zero-order valence-corrected chi connectivity index (χ0v) is 21.1. The maximum Gasteiger partial charge on any atom is 0.234 e. The number of benzene rings is 2. The summed E-state index contributed by atoms with van der Waals surface area (Å²) in [6.07, 6.45) is -1.34. The molecule has 0 bridgehead atoms. The molecule has 1 fully saturated rings. The van der Waals surface area contributed by atoms with E-state index in [0.717, 1.165) is 47.0 Å². The van der Waals surface area contributed by atoms with E-state index in [2.05, 4.69) is 20.1 Å². The number of rotatable bonds is 10. The number of aryl methyl sites for hydroxylation is 1. The predicted molar refractivity (Wildman–Crippen MR) is 138 cm³/mol. The number of hydrogen-bond donors (Lipinski definition) is 3. The number of aliphatic hydroxyl groups is 2. The first-order valence-corrected chi connectivity index (χ1v) is 12.8. The largest absolute Gasteiger partial charge is 0.491 e. The monoisotopic (exact) mass is 498 g/mol. The second kappa shape index (κ2) is 11.9. The molecular formula is C26H34N4O4S. The van der Waals surface area contributed by atoms with Crippen LogP contribution in [0.5, 0.6) is 5.75 Å². The van der Waals surface area contributed by atoms with Gasteiger partial charge >= 0.3 is 0 Å². The summed E-state index contributed by atoms with van der Waals surface area (Å²) in [5.74, 6) is 0.617. The van der Waals surface area contributed by atoms with Crippen LogP contribution >= 0.6 is 11.3 Å². The molecule has 8 nitrogen and oxygen atoms in total. The normalized spacial score (nSPS) is 17.7. The van der Waals surface area contributed by atoms with E-state index in [0.29, 0.717) is 18.8 Å². The van der Waals surface area contributed by atoms with Crippen molar-refractivity contribution in [3.8, 4) is 5.75 Å². The Morgan fingerprint density at radius 1 is 1.11 bits per heavy atom. The molecule has 0 aliphatic carbocycles. The molecule has 2 heterocycles. The van der Waals surface area contributed by atoms with Crippen LogP contribution in [0.4, 0.5) is 0 Å². The second-order valence-corrected chi connectivity index (χ2v) is 10.4. The van der Waals surface area contributed by atoms with Crippen LogP contribution in [0.3, 0.4) is 0 Å². The van der Waals surface area contributed by atoms with Crippen molar-refractivity contribution in [2.24, 2.45) is 0 Å². The van der Waals surface area contributed by atoms with Crippen LogP contribution in [0.1, 0.15) is 23.6 Å². The fraction of sp³-hybridized carbons (Fsp3) is 0.462. The Labute approximate surface area is 210 Å².